The Morgan fingerprint density at radius 3 is 2.61 bits per heavy atom. The van der Waals surface area contributed by atoms with E-state index >= 15 is 0 Å². The first kappa shape index (κ1) is 16.5. The lowest BCUT2D eigenvalue weighted by Crippen LogP contribution is -2.38. The third kappa shape index (κ3) is 5.10. The number of carbonyl (C=O) groups excluding carboxylic acids is 1. The van der Waals surface area contributed by atoms with Crippen LogP contribution in [0.25, 0.3) is 0 Å². The van der Waals surface area contributed by atoms with Crippen LogP contribution in [-0.4, -0.2) is 23.4 Å². The Kier molecular flexibility index (Phi) is 5.68. The summed E-state index contributed by atoms with van der Waals surface area (Å²) in [6.07, 6.45) is 0.760. The highest BCUT2D eigenvalue weighted by Gasteiger charge is 2.13. The number of nitrogens with one attached hydrogen (secondary N) is 2. The second-order valence-corrected chi connectivity index (χ2v) is 5.20. The third-order valence-corrected chi connectivity index (χ3v) is 3.39. The van der Waals surface area contributed by atoms with Gasteiger partial charge in [0, 0.05) is 24.4 Å². The predicted molar refractivity (Wildman–Crippen MR) is 89.3 cm³/mol. The van der Waals surface area contributed by atoms with Gasteiger partial charge in [-0.1, -0.05) is 36.4 Å². The number of nitrogens with zero attached hydrogens (tertiary/aromatic N) is 1. The fraction of sp³-hybridized carbons (Fsp3) is 0.235. The van der Waals surface area contributed by atoms with Crippen molar-refractivity contribution < 1.29 is 9.72 Å². The summed E-state index contributed by atoms with van der Waals surface area (Å²) < 4.78 is 0. The number of non-ortho nitro benzene ring substituents is 1. The number of benzene rings is 2. The molecule has 0 radical (unpaired) electrons. The maximum Gasteiger partial charge on any atom is 0.271 e. The molecular weight excluding hydrogens is 294 g/mol. The van der Waals surface area contributed by atoms with E-state index in [-0.39, 0.29) is 11.6 Å². The topological polar surface area (TPSA) is 84.3 Å². The molecule has 0 fully saturated rings. The van der Waals surface area contributed by atoms with Crippen LogP contribution in [0.1, 0.15) is 12.5 Å². The number of rotatable bonds is 7. The number of amides is 1. The quantitative estimate of drug-likeness (QED) is 0.608. The fourth-order valence-electron chi connectivity index (χ4n) is 2.15. The van der Waals surface area contributed by atoms with E-state index in [9.17, 15) is 14.9 Å². The van der Waals surface area contributed by atoms with Crippen LogP contribution in [0.5, 0.6) is 0 Å². The summed E-state index contributed by atoms with van der Waals surface area (Å²) in [5, 5.41) is 16.6. The first-order valence-corrected chi connectivity index (χ1v) is 7.39. The number of hydrogen-bond acceptors (Lipinski definition) is 4. The van der Waals surface area contributed by atoms with Crippen molar-refractivity contribution in [2.45, 2.75) is 19.4 Å². The van der Waals surface area contributed by atoms with Gasteiger partial charge < -0.3 is 10.6 Å². The minimum Gasteiger partial charge on any atom is -0.374 e. The van der Waals surface area contributed by atoms with Crippen molar-refractivity contribution in [3.05, 3.63) is 70.3 Å². The Bertz CT molecular complexity index is 674. The van der Waals surface area contributed by atoms with Gasteiger partial charge in [0.25, 0.3) is 5.69 Å². The molecule has 0 spiro atoms. The second-order valence-electron chi connectivity index (χ2n) is 5.20. The molecule has 0 aliphatic carbocycles. The number of carbonyl (C=O) groups is 1. The van der Waals surface area contributed by atoms with Crippen molar-refractivity contribution in [3.63, 3.8) is 0 Å². The molecule has 120 valence electrons. The molecule has 2 aromatic carbocycles. The second kappa shape index (κ2) is 7.93. The van der Waals surface area contributed by atoms with Gasteiger partial charge in [0.15, 0.2) is 0 Å². The van der Waals surface area contributed by atoms with Crippen molar-refractivity contribution in [1.29, 1.82) is 0 Å². The molecule has 1 atom stereocenters. The predicted octanol–water partition coefficient (Wildman–Crippen LogP) is 2.75. The van der Waals surface area contributed by atoms with E-state index in [1.807, 2.05) is 30.3 Å². The maximum absolute atomic E-state index is 12.0. The number of nitro benzene ring substituents is 1. The number of anilines is 1. The average molecular weight is 313 g/mol. The molecule has 0 bridgehead atoms. The highest BCUT2D eigenvalue weighted by atomic mass is 16.6. The zero-order valence-electron chi connectivity index (χ0n) is 12.9. The first-order chi connectivity index (χ1) is 11.1. The minimum absolute atomic E-state index is 0.00770. The Hall–Kier alpha value is -2.89. The highest BCUT2D eigenvalue weighted by molar-refractivity contribution is 5.84. The van der Waals surface area contributed by atoms with Crippen LogP contribution >= 0.6 is 0 Å². The molecule has 0 unspecified atom stereocenters. The molecule has 1 amide bonds. The number of nitro groups is 1. The summed E-state index contributed by atoms with van der Waals surface area (Å²) in [6, 6.07) is 15.5. The summed E-state index contributed by atoms with van der Waals surface area (Å²) in [5.74, 6) is -0.146. The van der Waals surface area contributed by atoms with Gasteiger partial charge >= 0.3 is 0 Å². The van der Waals surface area contributed by atoms with Crippen LogP contribution < -0.4 is 10.6 Å². The van der Waals surface area contributed by atoms with Gasteiger partial charge in [-0.05, 0) is 25.0 Å². The van der Waals surface area contributed by atoms with Crippen molar-refractivity contribution >= 4 is 17.3 Å². The normalized spacial score (nSPS) is 11.5. The molecule has 0 saturated carbocycles. The maximum atomic E-state index is 12.0. The van der Waals surface area contributed by atoms with E-state index in [0.29, 0.717) is 12.2 Å². The molecule has 6 heteroatoms. The van der Waals surface area contributed by atoms with Gasteiger partial charge in [-0.2, -0.15) is 0 Å². The van der Waals surface area contributed by atoms with Gasteiger partial charge in [-0.15, -0.1) is 0 Å². The number of hydrogen-bond donors (Lipinski definition) is 2. The Labute approximate surface area is 134 Å². The molecule has 0 aromatic heterocycles. The Morgan fingerprint density at radius 2 is 1.91 bits per heavy atom. The van der Waals surface area contributed by atoms with Crippen LogP contribution in [0.4, 0.5) is 11.4 Å². The SMILES string of the molecule is C[C@@H](Nc1cccc([N+](=O)[O-])c1)C(=O)NCCc1ccccc1. The van der Waals surface area contributed by atoms with Crippen molar-refractivity contribution in [1.82, 2.24) is 5.32 Å². The third-order valence-electron chi connectivity index (χ3n) is 3.39. The van der Waals surface area contributed by atoms with Gasteiger partial charge in [0.1, 0.15) is 6.04 Å². The van der Waals surface area contributed by atoms with E-state index in [1.165, 1.54) is 12.1 Å². The monoisotopic (exact) mass is 313 g/mol. The van der Waals surface area contributed by atoms with Gasteiger partial charge in [0.2, 0.25) is 5.91 Å². The largest absolute Gasteiger partial charge is 0.374 e. The molecular formula is C17H19N3O3. The average Bonchev–Trinajstić information content (AvgIpc) is 2.56. The lowest BCUT2D eigenvalue weighted by molar-refractivity contribution is -0.384. The standard InChI is InChI=1S/C17H19N3O3/c1-13(19-15-8-5-9-16(12-15)20(22)23)17(21)18-11-10-14-6-3-2-4-7-14/h2-9,12-13,19H,10-11H2,1H3,(H,18,21)/t13-/m1/s1. The Morgan fingerprint density at radius 1 is 1.17 bits per heavy atom. The summed E-state index contributed by atoms with van der Waals surface area (Å²) >= 11 is 0. The summed E-state index contributed by atoms with van der Waals surface area (Å²) in [5.41, 5.74) is 1.70. The minimum atomic E-state index is -0.479. The van der Waals surface area contributed by atoms with E-state index in [2.05, 4.69) is 10.6 Å². The van der Waals surface area contributed by atoms with Gasteiger partial charge in [-0.25, -0.2) is 0 Å². The van der Waals surface area contributed by atoms with Crippen LogP contribution in [0, 0.1) is 10.1 Å². The van der Waals surface area contributed by atoms with Crippen molar-refractivity contribution in [3.8, 4) is 0 Å². The molecule has 6 nitrogen and oxygen atoms in total. The molecule has 2 N–H and O–H groups in total. The van der Waals surface area contributed by atoms with E-state index in [1.54, 1.807) is 19.1 Å². The van der Waals surface area contributed by atoms with Crippen LogP contribution in [0.2, 0.25) is 0 Å². The highest BCUT2D eigenvalue weighted by Crippen LogP contribution is 2.17. The zero-order valence-corrected chi connectivity index (χ0v) is 12.9. The fourth-order valence-corrected chi connectivity index (χ4v) is 2.15. The lowest BCUT2D eigenvalue weighted by Gasteiger charge is -2.15. The summed E-state index contributed by atoms with van der Waals surface area (Å²) in [4.78, 5) is 22.3. The molecule has 2 rings (SSSR count). The van der Waals surface area contributed by atoms with E-state index in [4.69, 9.17) is 0 Å². The summed E-state index contributed by atoms with van der Waals surface area (Å²) in [7, 11) is 0. The molecule has 0 heterocycles. The lowest BCUT2D eigenvalue weighted by atomic mass is 10.1. The Balaban J connectivity index is 1.83. The van der Waals surface area contributed by atoms with Crippen molar-refractivity contribution in [2.75, 3.05) is 11.9 Å². The van der Waals surface area contributed by atoms with E-state index < -0.39 is 11.0 Å². The smallest absolute Gasteiger partial charge is 0.271 e. The molecule has 0 aliphatic rings. The van der Waals surface area contributed by atoms with Gasteiger partial charge in [0.05, 0.1) is 4.92 Å². The van der Waals surface area contributed by atoms with E-state index in [0.717, 1.165) is 12.0 Å². The molecule has 2 aromatic rings. The molecule has 0 saturated heterocycles. The van der Waals surface area contributed by atoms with Gasteiger partial charge in [-0.3, -0.25) is 14.9 Å². The molecule has 23 heavy (non-hydrogen) atoms. The van der Waals surface area contributed by atoms with Crippen molar-refractivity contribution in [2.24, 2.45) is 0 Å². The van der Waals surface area contributed by atoms with Crippen LogP contribution in [0.3, 0.4) is 0 Å². The summed E-state index contributed by atoms with van der Waals surface area (Å²) in [6.45, 7) is 2.26. The molecule has 0 aliphatic heterocycles. The zero-order chi connectivity index (χ0) is 16.7. The van der Waals surface area contributed by atoms with Crippen LogP contribution in [-0.2, 0) is 11.2 Å². The first-order valence-electron chi connectivity index (χ1n) is 7.39. The van der Waals surface area contributed by atoms with Crippen LogP contribution in [0.15, 0.2) is 54.6 Å².